The highest BCUT2D eigenvalue weighted by Crippen LogP contribution is 2.18. The molecule has 0 N–H and O–H groups in total. The predicted molar refractivity (Wildman–Crippen MR) is 69.2 cm³/mol. The number of benzene rings is 1. The summed E-state index contributed by atoms with van der Waals surface area (Å²) in [7, 11) is 1.49. The van der Waals surface area contributed by atoms with Gasteiger partial charge in [-0.15, -0.1) is 0 Å². The molecule has 0 saturated heterocycles. The predicted octanol–water partition coefficient (Wildman–Crippen LogP) is 2.24. The van der Waals surface area contributed by atoms with E-state index in [9.17, 15) is 14.0 Å². The summed E-state index contributed by atoms with van der Waals surface area (Å²) in [5.41, 5.74) is -0.917. The summed E-state index contributed by atoms with van der Waals surface area (Å²) in [6.07, 6.45) is 0. The molecule has 0 aliphatic heterocycles. The summed E-state index contributed by atoms with van der Waals surface area (Å²) in [4.78, 5) is 25.3. The van der Waals surface area contributed by atoms with E-state index in [0.717, 1.165) is 6.07 Å². The zero-order valence-electron chi connectivity index (χ0n) is 11.6. The molecule has 0 heterocycles. The van der Waals surface area contributed by atoms with E-state index >= 15 is 0 Å². The summed E-state index contributed by atoms with van der Waals surface area (Å²) in [6.45, 7) is 5.11. The molecule has 0 fully saturated rings. The average Bonchev–Trinajstić information content (AvgIpc) is 2.37. The van der Waals surface area contributed by atoms with E-state index in [0.29, 0.717) is 0 Å². The molecule has 0 saturated carbocycles. The van der Waals surface area contributed by atoms with Crippen molar-refractivity contribution in [1.82, 2.24) is 4.90 Å². The summed E-state index contributed by atoms with van der Waals surface area (Å²) in [5, 5.41) is 0. The van der Waals surface area contributed by atoms with Gasteiger partial charge in [-0.25, -0.2) is 9.18 Å². The lowest BCUT2D eigenvalue weighted by Crippen LogP contribution is -2.51. The van der Waals surface area contributed by atoms with E-state index in [2.05, 4.69) is 0 Å². The maximum atomic E-state index is 13.1. The van der Waals surface area contributed by atoms with Crippen LogP contribution in [0.1, 0.15) is 31.1 Å². The minimum Gasteiger partial charge on any atom is -0.464 e. The van der Waals surface area contributed by atoms with Crippen molar-refractivity contribution >= 4 is 11.9 Å². The Morgan fingerprint density at radius 3 is 2.53 bits per heavy atom. The van der Waals surface area contributed by atoms with E-state index in [4.69, 9.17) is 4.74 Å². The molecule has 19 heavy (non-hydrogen) atoms. The van der Waals surface area contributed by atoms with Gasteiger partial charge >= 0.3 is 5.97 Å². The molecule has 0 bridgehead atoms. The molecular weight excluding hydrogens is 249 g/mol. The van der Waals surface area contributed by atoms with Gasteiger partial charge in [0.1, 0.15) is 11.4 Å². The second-order valence-corrected chi connectivity index (χ2v) is 4.65. The third-order valence-electron chi connectivity index (χ3n) is 2.99. The second-order valence-electron chi connectivity index (χ2n) is 4.65. The number of carbonyl (C=O) groups is 2. The molecular formula is C14H18FNO3. The monoisotopic (exact) mass is 267 g/mol. The molecule has 0 radical (unpaired) electrons. The van der Waals surface area contributed by atoms with Crippen LogP contribution in [0.5, 0.6) is 0 Å². The Morgan fingerprint density at radius 2 is 2.00 bits per heavy atom. The van der Waals surface area contributed by atoms with Crippen molar-refractivity contribution in [3.8, 4) is 0 Å². The highest BCUT2D eigenvalue weighted by Gasteiger charge is 2.37. The minimum atomic E-state index is -1.11. The Bertz CT molecular complexity index is 485. The highest BCUT2D eigenvalue weighted by molar-refractivity contribution is 5.97. The number of halogens is 1. The molecule has 5 heteroatoms. The lowest BCUT2D eigenvalue weighted by atomic mass is 10.0. The highest BCUT2D eigenvalue weighted by atomic mass is 19.1. The van der Waals surface area contributed by atoms with Gasteiger partial charge in [0, 0.05) is 12.6 Å². The van der Waals surface area contributed by atoms with Crippen LogP contribution in [0.4, 0.5) is 4.39 Å². The van der Waals surface area contributed by atoms with Crippen molar-refractivity contribution in [1.29, 1.82) is 0 Å². The second kappa shape index (κ2) is 5.82. The molecule has 4 nitrogen and oxygen atoms in total. The van der Waals surface area contributed by atoms with Crippen LogP contribution < -0.4 is 0 Å². The number of rotatable bonds is 4. The first-order valence-corrected chi connectivity index (χ1v) is 6.01. The molecule has 0 atom stereocenters. The molecule has 1 amide bonds. The van der Waals surface area contributed by atoms with Gasteiger partial charge in [0.15, 0.2) is 0 Å². The van der Waals surface area contributed by atoms with Crippen LogP contribution in [0.25, 0.3) is 0 Å². The lowest BCUT2D eigenvalue weighted by molar-refractivity contribution is -0.153. The molecule has 1 aromatic carbocycles. The van der Waals surface area contributed by atoms with Crippen LogP contribution in [0.2, 0.25) is 0 Å². The molecule has 1 rings (SSSR count). The topological polar surface area (TPSA) is 46.6 Å². The fourth-order valence-corrected chi connectivity index (χ4v) is 1.51. The Balaban J connectivity index is 2.96. The van der Waals surface area contributed by atoms with E-state index in [1.807, 2.05) is 0 Å². The molecule has 1 aromatic rings. The first-order chi connectivity index (χ1) is 8.80. The third-order valence-corrected chi connectivity index (χ3v) is 2.99. The van der Waals surface area contributed by atoms with E-state index in [-0.39, 0.29) is 12.2 Å². The first-order valence-electron chi connectivity index (χ1n) is 6.01. The molecule has 104 valence electrons. The maximum Gasteiger partial charge on any atom is 0.331 e. The van der Waals surface area contributed by atoms with Crippen molar-refractivity contribution in [3.63, 3.8) is 0 Å². The van der Waals surface area contributed by atoms with Crippen molar-refractivity contribution < 1.29 is 18.7 Å². The Kier molecular flexibility index (Phi) is 4.64. The number of hydrogen-bond acceptors (Lipinski definition) is 3. The van der Waals surface area contributed by atoms with Gasteiger partial charge in [0.2, 0.25) is 0 Å². The maximum absolute atomic E-state index is 13.1. The normalized spacial score (nSPS) is 11.0. The zero-order chi connectivity index (χ0) is 14.6. The SMILES string of the molecule is CCOC(=O)C(C)(C)N(C)C(=O)c1cccc(F)c1. The van der Waals surface area contributed by atoms with Crippen LogP contribution in [0.3, 0.4) is 0 Å². The number of likely N-dealkylation sites (N-methyl/N-ethyl adjacent to an activating group) is 1. The smallest absolute Gasteiger partial charge is 0.331 e. The standard InChI is InChI=1S/C14H18FNO3/c1-5-19-13(18)14(2,3)16(4)12(17)10-7-6-8-11(15)9-10/h6-9H,5H2,1-4H3. The number of nitrogens with zero attached hydrogens (tertiary/aromatic N) is 1. The molecule has 0 aliphatic rings. The summed E-state index contributed by atoms with van der Waals surface area (Å²) in [5.74, 6) is -1.42. The zero-order valence-corrected chi connectivity index (χ0v) is 11.6. The van der Waals surface area contributed by atoms with Crippen molar-refractivity contribution in [3.05, 3.63) is 35.6 Å². The Labute approximate surface area is 112 Å². The van der Waals surface area contributed by atoms with Gasteiger partial charge in [-0.3, -0.25) is 4.79 Å². The van der Waals surface area contributed by atoms with Gasteiger partial charge in [0.05, 0.1) is 6.61 Å². The number of esters is 1. The molecule has 0 aromatic heterocycles. The molecule has 0 aliphatic carbocycles. The quantitative estimate of drug-likeness (QED) is 0.786. The van der Waals surface area contributed by atoms with Crippen LogP contribution in [0.15, 0.2) is 24.3 Å². The fraction of sp³-hybridized carbons (Fsp3) is 0.429. The fourth-order valence-electron chi connectivity index (χ4n) is 1.51. The van der Waals surface area contributed by atoms with Gasteiger partial charge < -0.3 is 9.64 Å². The van der Waals surface area contributed by atoms with Gasteiger partial charge in [-0.2, -0.15) is 0 Å². The van der Waals surface area contributed by atoms with Crippen LogP contribution >= 0.6 is 0 Å². The van der Waals surface area contributed by atoms with Gasteiger partial charge in [-0.05, 0) is 39.0 Å². The number of amides is 1. The number of carbonyl (C=O) groups excluding carboxylic acids is 2. The Morgan fingerprint density at radius 1 is 1.37 bits per heavy atom. The summed E-state index contributed by atoms with van der Waals surface area (Å²) >= 11 is 0. The largest absolute Gasteiger partial charge is 0.464 e. The van der Waals surface area contributed by atoms with Gasteiger partial charge in [-0.1, -0.05) is 6.07 Å². The van der Waals surface area contributed by atoms with Crippen LogP contribution in [-0.4, -0.2) is 36.0 Å². The minimum absolute atomic E-state index is 0.194. The molecule has 0 unspecified atom stereocenters. The van der Waals surface area contributed by atoms with E-state index in [1.54, 1.807) is 20.8 Å². The van der Waals surface area contributed by atoms with Crippen molar-refractivity contribution in [2.45, 2.75) is 26.3 Å². The lowest BCUT2D eigenvalue weighted by Gasteiger charge is -2.33. The van der Waals surface area contributed by atoms with Crippen LogP contribution in [-0.2, 0) is 9.53 Å². The summed E-state index contributed by atoms with van der Waals surface area (Å²) in [6, 6.07) is 5.35. The first kappa shape index (κ1) is 15.1. The average molecular weight is 267 g/mol. The number of ether oxygens (including phenoxy) is 1. The third kappa shape index (κ3) is 3.30. The van der Waals surface area contributed by atoms with E-state index in [1.165, 1.54) is 30.1 Å². The van der Waals surface area contributed by atoms with E-state index < -0.39 is 23.2 Å². The van der Waals surface area contributed by atoms with Crippen LogP contribution in [0, 0.1) is 5.82 Å². The summed E-state index contributed by atoms with van der Waals surface area (Å²) < 4.78 is 18.0. The Hall–Kier alpha value is -1.91. The van der Waals surface area contributed by atoms with Crippen molar-refractivity contribution in [2.75, 3.05) is 13.7 Å². The number of hydrogen-bond donors (Lipinski definition) is 0. The molecule has 0 spiro atoms. The van der Waals surface area contributed by atoms with Crippen molar-refractivity contribution in [2.24, 2.45) is 0 Å². The van der Waals surface area contributed by atoms with Gasteiger partial charge in [0.25, 0.3) is 5.91 Å².